The first-order valence-electron chi connectivity index (χ1n) is 5.97. The van der Waals surface area contributed by atoms with Gasteiger partial charge in [-0.15, -0.1) is 11.3 Å². The number of thiophene rings is 1. The lowest BCUT2D eigenvalue weighted by molar-refractivity contribution is -0.400. The fourth-order valence-electron chi connectivity index (χ4n) is 1.69. The van der Waals surface area contributed by atoms with E-state index in [4.69, 9.17) is 9.31 Å². The molecule has 1 saturated heterocycles. The predicted molar refractivity (Wildman–Crippen MR) is 76.1 cm³/mol. The van der Waals surface area contributed by atoms with Crippen LogP contribution in [-0.2, 0) is 9.31 Å². The first-order chi connectivity index (χ1) is 8.71. The Kier molecular flexibility index (Phi) is 3.55. The van der Waals surface area contributed by atoms with Crippen molar-refractivity contribution in [2.75, 3.05) is 0 Å². The van der Waals surface area contributed by atoms with E-state index in [1.54, 1.807) is 0 Å². The smallest absolute Gasteiger partial charge is 0.399 e. The Morgan fingerprint density at radius 3 is 2.42 bits per heavy atom. The Morgan fingerprint density at radius 1 is 1.32 bits per heavy atom. The van der Waals surface area contributed by atoms with E-state index in [2.05, 4.69) is 0 Å². The molecule has 5 nitrogen and oxygen atoms in total. The Labute approximate surface area is 116 Å². The van der Waals surface area contributed by atoms with Gasteiger partial charge in [0.05, 0.1) is 16.1 Å². The average molecular weight is 281 g/mol. The molecular weight excluding hydrogens is 265 g/mol. The standard InChI is InChI=1S/C12H16BNO4S/c1-11(2)12(3,4)18-13(17-11)9-7-10(19-8-9)5-6-14(15)16/h5-8H,1-4H3/b6-5+. The fourth-order valence-corrected chi connectivity index (χ4v) is 2.49. The monoisotopic (exact) mass is 281 g/mol. The molecule has 0 spiro atoms. The van der Waals surface area contributed by atoms with Crippen LogP contribution in [0.3, 0.4) is 0 Å². The van der Waals surface area contributed by atoms with Crippen molar-refractivity contribution in [1.82, 2.24) is 0 Å². The summed E-state index contributed by atoms with van der Waals surface area (Å²) in [6, 6.07) is 1.85. The molecule has 0 radical (unpaired) electrons. The van der Waals surface area contributed by atoms with Crippen LogP contribution in [0.2, 0.25) is 0 Å². The molecule has 7 heteroatoms. The molecule has 0 saturated carbocycles. The van der Waals surface area contributed by atoms with Crippen LogP contribution >= 0.6 is 11.3 Å². The van der Waals surface area contributed by atoms with Gasteiger partial charge in [0.15, 0.2) is 0 Å². The van der Waals surface area contributed by atoms with E-state index in [-0.39, 0.29) is 11.2 Å². The molecule has 0 N–H and O–H groups in total. The number of nitro groups is 1. The predicted octanol–water partition coefficient (Wildman–Crippen LogP) is 2.29. The Morgan fingerprint density at radius 2 is 1.89 bits per heavy atom. The molecule has 1 aliphatic rings. The minimum atomic E-state index is -0.478. The van der Waals surface area contributed by atoms with E-state index >= 15 is 0 Å². The highest BCUT2D eigenvalue weighted by Crippen LogP contribution is 2.36. The van der Waals surface area contributed by atoms with Crippen LogP contribution in [0.5, 0.6) is 0 Å². The van der Waals surface area contributed by atoms with Crippen LogP contribution < -0.4 is 5.46 Å². The third-order valence-electron chi connectivity index (χ3n) is 3.53. The van der Waals surface area contributed by atoms with E-state index in [0.717, 1.165) is 16.5 Å². The molecule has 19 heavy (non-hydrogen) atoms. The van der Waals surface area contributed by atoms with Gasteiger partial charge in [-0.05, 0) is 44.6 Å². The summed E-state index contributed by atoms with van der Waals surface area (Å²) in [5, 5.41) is 12.2. The summed E-state index contributed by atoms with van der Waals surface area (Å²) in [5.74, 6) is 0. The molecule has 0 aromatic carbocycles. The zero-order valence-electron chi connectivity index (χ0n) is 11.4. The largest absolute Gasteiger partial charge is 0.495 e. The SMILES string of the molecule is CC1(C)OB(c2csc(/C=C/[N+](=O)[O-])c2)OC1(C)C. The summed E-state index contributed by atoms with van der Waals surface area (Å²) in [4.78, 5) is 10.6. The summed E-state index contributed by atoms with van der Waals surface area (Å²) in [6.07, 6.45) is 2.40. The summed E-state index contributed by atoms with van der Waals surface area (Å²) in [6.45, 7) is 7.97. The Hall–Kier alpha value is -1.18. The molecule has 1 fully saturated rings. The van der Waals surface area contributed by atoms with Gasteiger partial charge in [0.25, 0.3) is 0 Å². The van der Waals surface area contributed by atoms with Gasteiger partial charge < -0.3 is 9.31 Å². The van der Waals surface area contributed by atoms with Crippen molar-refractivity contribution < 1.29 is 14.2 Å². The second-order valence-corrected chi connectivity index (χ2v) is 6.41. The van der Waals surface area contributed by atoms with Crippen LogP contribution in [0.15, 0.2) is 17.6 Å². The maximum Gasteiger partial charge on any atom is 0.495 e. The van der Waals surface area contributed by atoms with Crippen molar-refractivity contribution in [2.24, 2.45) is 0 Å². The molecule has 0 bridgehead atoms. The Bertz CT molecular complexity index is 508. The van der Waals surface area contributed by atoms with E-state index in [9.17, 15) is 10.1 Å². The first-order valence-corrected chi connectivity index (χ1v) is 6.85. The summed E-state index contributed by atoms with van der Waals surface area (Å²) >= 11 is 1.43. The van der Waals surface area contributed by atoms with E-state index < -0.39 is 12.0 Å². The lowest BCUT2D eigenvalue weighted by Crippen LogP contribution is -2.41. The topological polar surface area (TPSA) is 61.6 Å². The minimum Gasteiger partial charge on any atom is -0.399 e. The van der Waals surface area contributed by atoms with Gasteiger partial charge in [0, 0.05) is 11.0 Å². The average Bonchev–Trinajstić information content (AvgIpc) is 2.79. The molecule has 0 aliphatic carbocycles. The van der Waals surface area contributed by atoms with Gasteiger partial charge in [-0.3, -0.25) is 10.1 Å². The summed E-state index contributed by atoms with van der Waals surface area (Å²) < 4.78 is 11.8. The zero-order chi connectivity index (χ0) is 14.3. The van der Waals surface area contributed by atoms with Crippen molar-refractivity contribution >= 4 is 30.0 Å². The van der Waals surface area contributed by atoms with Gasteiger partial charge in [-0.2, -0.15) is 0 Å². The van der Waals surface area contributed by atoms with E-state index in [1.807, 2.05) is 39.1 Å². The van der Waals surface area contributed by atoms with Gasteiger partial charge in [-0.1, -0.05) is 0 Å². The van der Waals surface area contributed by atoms with E-state index in [1.165, 1.54) is 17.4 Å². The van der Waals surface area contributed by atoms with Gasteiger partial charge in [-0.25, -0.2) is 0 Å². The molecular formula is C12H16BNO4S. The maximum absolute atomic E-state index is 10.3. The lowest BCUT2D eigenvalue weighted by atomic mass is 9.81. The van der Waals surface area contributed by atoms with Gasteiger partial charge in [0.2, 0.25) is 6.20 Å². The highest BCUT2D eigenvalue weighted by molar-refractivity contribution is 7.12. The number of nitrogens with zero attached hydrogens (tertiary/aromatic N) is 1. The van der Waals surface area contributed by atoms with Crippen LogP contribution in [0.25, 0.3) is 6.08 Å². The van der Waals surface area contributed by atoms with Crippen molar-refractivity contribution in [3.8, 4) is 0 Å². The highest BCUT2D eigenvalue weighted by atomic mass is 32.1. The normalized spacial score (nSPS) is 21.2. The van der Waals surface area contributed by atoms with Crippen molar-refractivity contribution in [3.63, 3.8) is 0 Å². The van der Waals surface area contributed by atoms with Crippen LogP contribution in [0, 0.1) is 10.1 Å². The highest BCUT2D eigenvalue weighted by Gasteiger charge is 2.51. The summed E-state index contributed by atoms with van der Waals surface area (Å²) in [7, 11) is -0.418. The third-order valence-corrected chi connectivity index (χ3v) is 4.44. The van der Waals surface area contributed by atoms with Crippen molar-refractivity contribution in [3.05, 3.63) is 32.6 Å². The Balaban J connectivity index is 2.15. The number of hydrogen-bond acceptors (Lipinski definition) is 5. The molecule has 0 unspecified atom stereocenters. The first kappa shape index (κ1) is 14.2. The number of hydrogen-bond donors (Lipinski definition) is 0. The molecule has 1 aliphatic heterocycles. The van der Waals surface area contributed by atoms with Gasteiger partial charge in [0.1, 0.15) is 0 Å². The molecule has 2 heterocycles. The van der Waals surface area contributed by atoms with Crippen molar-refractivity contribution in [2.45, 2.75) is 38.9 Å². The van der Waals surface area contributed by atoms with E-state index in [0.29, 0.717) is 0 Å². The summed E-state index contributed by atoms with van der Waals surface area (Å²) in [5.41, 5.74) is 0.138. The zero-order valence-corrected chi connectivity index (χ0v) is 12.2. The quantitative estimate of drug-likeness (QED) is 0.484. The van der Waals surface area contributed by atoms with Gasteiger partial charge >= 0.3 is 7.12 Å². The molecule has 2 rings (SSSR count). The minimum absolute atomic E-state index is 0.379. The lowest BCUT2D eigenvalue weighted by Gasteiger charge is -2.32. The van der Waals surface area contributed by atoms with Crippen LogP contribution in [0.4, 0.5) is 0 Å². The third kappa shape index (κ3) is 2.88. The molecule has 0 amide bonds. The second-order valence-electron chi connectivity index (χ2n) is 5.47. The molecule has 1 aromatic heterocycles. The van der Waals surface area contributed by atoms with Crippen LogP contribution in [-0.4, -0.2) is 23.2 Å². The molecule has 102 valence electrons. The maximum atomic E-state index is 10.3. The second kappa shape index (κ2) is 4.74. The fraction of sp³-hybridized carbons (Fsp3) is 0.500. The molecule has 0 atom stereocenters. The van der Waals surface area contributed by atoms with Crippen molar-refractivity contribution in [1.29, 1.82) is 0 Å². The van der Waals surface area contributed by atoms with Crippen LogP contribution in [0.1, 0.15) is 32.6 Å². The molecule has 1 aromatic rings. The number of rotatable bonds is 3.